The number of carbonyl (C=O) groups is 1. The van der Waals surface area contributed by atoms with Gasteiger partial charge >= 0.3 is 0 Å². The summed E-state index contributed by atoms with van der Waals surface area (Å²) in [4.78, 5) is 17.0. The van der Waals surface area contributed by atoms with E-state index in [9.17, 15) is 4.79 Å². The van der Waals surface area contributed by atoms with Crippen LogP contribution in [0.3, 0.4) is 0 Å². The van der Waals surface area contributed by atoms with Crippen molar-refractivity contribution in [3.63, 3.8) is 0 Å². The summed E-state index contributed by atoms with van der Waals surface area (Å²) in [5, 5.41) is 3.53. The van der Waals surface area contributed by atoms with Gasteiger partial charge in [-0.05, 0) is 49.4 Å². The SMILES string of the molecule is Cc1ccc(C(=O)Nc2ccccc2-c2nc3cc(Cl)ccc3o2)cc1. The first-order chi connectivity index (χ1) is 12.6. The van der Waals surface area contributed by atoms with Gasteiger partial charge in [0.15, 0.2) is 5.58 Å². The van der Waals surface area contributed by atoms with E-state index in [0.717, 1.165) is 5.56 Å². The highest BCUT2D eigenvalue weighted by molar-refractivity contribution is 6.31. The molecule has 1 heterocycles. The molecule has 0 saturated carbocycles. The molecular formula is C21H15ClN2O2. The molecule has 1 amide bonds. The number of aryl methyl sites for hydroxylation is 1. The summed E-state index contributed by atoms with van der Waals surface area (Å²) in [6, 6.07) is 20.1. The molecule has 0 aliphatic carbocycles. The van der Waals surface area contributed by atoms with Gasteiger partial charge in [0, 0.05) is 10.6 Å². The van der Waals surface area contributed by atoms with Gasteiger partial charge < -0.3 is 9.73 Å². The Bertz CT molecular complexity index is 1100. The maximum Gasteiger partial charge on any atom is 0.255 e. The van der Waals surface area contributed by atoms with Crippen LogP contribution < -0.4 is 5.32 Å². The second-order valence-electron chi connectivity index (χ2n) is 6.00. The molecule has 0 fully saturated rings. The first-order valence-corrected chi connectivity index (χ1v) is 8.51. The van der Waals surface area contributed by atoms with Crippen LogP contribution in [-0.2, 0) is 0 Å². The molecule has 26 heavy (non-hydrogen) atoms. The fraction of sp³-hybridized carbons (Fsp3) is 0.0476. The highest BCUT2D eigenvalue weighted by Crippen LogP contribution is 2.31. The number of anilines is 1. The number of hydrogen-bond donors (Lipinski definition) is 1. The normalized spacial score (nSPS) is 10.8. The van der Waals surface area contributed by atoms with Crippen LogP contribution in [0.15, 0.2) is 71.1 Å². The molecular weight excluding hydrogens is 348 g/mol. The summed E-state index contributed by atoms with van der Waals surface area (Å²) in [5.41, 5.74) is 4.36. The number of oxazole rings is 1. The summed E-state index contributed by atoms with van der Waals surface area (Å²) < 4.78 is 5.83. The van der Waals surface area contributed by atoms with E-state index in [0.29, 0.717) is 38.8 Å². The molecule has 0 aliphatic rings. The molecule has 4 aromatic rings. The van der Waals surface area contributed by atoms with Gasteiger partial charge in [0.2, 0.25) is 5.89 Å². The third kappa shape index (κ3) is 3.19. The van der Waals surface area contributed by atoms with Gasteiger partial charge in [-0.2, -0.15) is 0 Å². The summed E-state index contributed by atoms with van der Waals surface area (Å²) in [6.07, 6.45) is 0. The third-order valence-corrected chi connectivity index (χ3v) is 4.30. The summed E-state index contributed by atoms with van der Waals surface area (Å²) in [5.74, 6) is 0.249. The minimum absolute atomic E-state index is 0.184. The number of amides is 1. The van der Waals surface area contributed by atoms with Gasteiger partial charge in [0.25, 0.3) is 5.91 Å². The predicted molar refractivity (Wildman–Crippen MR) is 104 cm³/mol. The maximum atomic E-state index is 12.5. The average Bonchev–Trinajstić information content (AvgIpc) is 3.05. The quantitative estimate of drug-likeness (QED) is 0.508. The monoisotopic (exact) mass is 362 g/mol. The van der Waals surface area contributed by atoms with Gasteiger partial charge in [-0.15, -0.1) is 0 Å². The van der Waals surface area contributed by atoms with Crippen LogP contribution in [0.5, 0.6) is 0 Å². The zero-order valence-corrected chi connectivity index (χ0v) is 14.7. The number of benzene rings is 3. The lowest BCUT2D eigenvalue weighted by molar-refractivity contribution is 0.102. The van der Waals surface area contributed by atoms with E-state index in [4.69, 9.17) is 16.0 Å². The highest BCUT2D eigenvalue weighted by atomic mass is 35.5. The van der Waals surface area contributed by atoms with Crippen molar-refractivity contribution in [1.82, 2.24) is 4.98 Å². The van der Waals surface area contributed by atoms with Crippen molar-refractivity contribution in [2.45, 2.75) is 6.92 Å². The summed E-state index contributed by atoms with van der Waals surface area (Å²) >= 11 is 6.01. The number of halogens is 1. The van der Waals surface area contributed by atoms with Gasteiger partial charge in [-0.25, -0.2) is 4.98 Å². The zero-order valence-electron chi connectivity index (χ0n) is 14.0. The Balaban J connectivity index is 1.69. The molecule has 4 rings (SSSR count). The van der Waals surface area contributed by atoms with Crippen LogP contribution in [0.4, 0.5) is 5.69 Å². The number of nitrogens with zero attached hydrogens (tertiary/aromatic N) is 1. The average molecular weight is 363 g/mol. The number of rotatable bonds is 3. The second kappa shape index (κ2) is 6.65. The summed E-state index contributed by atoms with van der Waals surface area (Å²) in [6.45, 7) is 1.98. The van der Waals surface area contributed by atoms with Crippen LogP contribution in [-0.4, -0.2) is 10.9 Å². The van der Waals surface area contributed by atoms with Gasteiger partial charge in [-0.1, -0.05) is 41.4 Å². The second-order valence-corrected chi connectivity index (χ2v) is 6.43. The highest BCUT2D eigenvalue weighted by Gasteiger charge is 2.15. The lowest BCUT2D eigenvalue weighted by Crippen LogP contribution is -2.12. The van der Waals surface area contributed by atoms with Crippen LogP contribution in [0.25, 0.3) is 22.6 Å². The Morgan fingerprint density at radius 3 is 2.62 bits per heavy atom. The molecule has 0 bridgehead atoms. The predicted octanol–water partition coefficient (Wildman–Crippen LogP) is 5.71. The van der Waals surface area contributed by atoms with Crippen LogP contribution in [0.1, 0.15) is 15.9 Å². The van der Waals surface area contributed by atoms with E-state index >= 15 is 0 Å². The van der Waals surface area contributed by atoms with E-state index in [1.165, 1.54) is 0 Å². The Labute approximate surface area is 155 Å². The van der Waals surface area contributed by atoms with Crippen LogP contribution in [0.2, 0.25) is 5.02 Å². The molecule has 0 atom stereocenters. The van der Waals surface area contributed by atoms with Crippen molar-refractivity contribution in [2.24, 2.45) is 0 Å². The molecule has 1 N–H and O–H groups in total. The molecule has 0 unspecified atom stereocenters. The fourth-order valence-corrected chi connectivity index (χ4v) is 2.86. The molecule has 4 nitrogen and oxygen atoms in total. The molecule has 0 saturated heterocycles. The van der Waals surface area contributed by atoms with Gasteiger partial charge in [-0.3, -0.25) is 4.79 Å². The van der Waals surface area contributed by atoms with Gasteiger partial charge in [0.1, 0.15) is 5.52 Å². The zero-order chi connectivity index (χ0) is 18.1. The van der Waals surface area contributed by atoms with Crippen LogP contribution >= 0.6 is 11.6 Å². The van der Waals surface area contributed by atoms with Crippen molar-refractivity contribution in [1.29, 1.82) is 0 Å². The topological polar surface area (TPSA) is 55.1 Å². The number of hydrogen-bond acceptors (Lipinski definition) is 3. The van der Waals surface area contributed by atoms with Crippen molar-refractivity contribution < 1.29 is 9.21 Å². The van der Waals surface area contributed by atoms with E-state index in [1.807, 2.05) is 43.3 Å². The molecule has 0 aliphatic heterocycles. The fourth-order valence-electron chi connectivity index (χ4n) is 2.69. The van der Waals surface area contributed by atoms with Gasteiger partial charge in [0.05, 0.1) is 11.3 Å². The number of nitrogens with one attached hydrogen (secondary N) is 1. The molecule has 5 heteroatoms. The summed E-state index contributed by atoms with van der Waals surface area (Å²) in [7, 11) is 0. The Morgan fingerprint density at radius 2 is 1.81 bits per heavy atom. The number of para-hydroxylation sites is 1. The van der Waals surface area contributed by atoms with Crippen LogP contribution in [0, 0.1) is 6.92 Å². The largest absolute Gasteiger partial charge is 0.436 e. The lowest BCUT2D eigenvalue weighted by Gasteiger charge is -2.09. The molecule has 0 spiro atoms. The lowest BCUT2D eigenvalue weighted by atomic mass is 10.1. The van der Waals surface area contributed by atoms with E-state index in [2.05, 4.69) is 10.3 Å². The molecule has 3 aromatic carbocycles. The molecule has 128 valence electrons. The Morgan fingerprint density at radius 1 is 1.04 bits per heavy atom. The van der Waals surface area contributed by atoms with Crippen molar-refractivity contribution in [2.75, 3.05) is 5.32 Å². The number of fused-ring (bicyclic) bond motifs is 1. The number of aromatic nitrogens is 1. The van der Waals surface area contributed by atoms with E-state index < -0.39 is 0 Å². The smallest absolute Gasteiger partial charge is 0.255 e. The van der Waals surface area contributed by atoms with Crippen molar-refractivity contribution in [3.8, 4) is 11.5 Å². The molecule has 0 radical (unpaired) electrons. The molecule has 1 aromatic heterocycles. The van der Waals surface area contributed by atoms with E-state index in [1.54, 1.807) is 30.3 Å². The minimum Gasteiger partial charge on any atom is -0.436 e. The van der Waals surface area contributed by atoms with E-state index in [-0.39, 0.29) is 5.91 Å². The third-order valence-electron chi connectivity index (χ3n) is 4.07. The first kappa shape index (κ1) is 16.4. The van der Waals surface area contributed by atoms with Crippen molar-refractivity contribution >= 4 is 34.3 Å². The number of carbonyl (C=O) groups excluding carboxylic acids is 1. The Hall–Kier alpha value is -3.11. The first-order valence-electron chi connectivity index (χ1n) is 8.14. The maximum absolute atomic E-state index is 12.5. The standard InChI is InChI=1S/C21H15ClN2O2/c1-13-6-8-14(9-7-13)20(25)23-17-5-3-2-4-16(17)21-24-18-12-15(22)10-11-19(18)26-21/h2-12H,1H3,(H,23,25). The Kier molecular flexibility index (Phi) is 4.19. The minimum atomic E-state index is -0.184. The van der Waals surface area contributed by atoms with Crippen molar-refractivity contribution in [3.05, 3.63) is 82.9 Å².